The number of nitrogens with zero attached hydrogens (tertiary/aromatic N) is 2. The first-order chi connectivity index (χ1) is 26.9. The minimum absolute atomic E-state index is 0.129. The monoisotopic (exact) mass is 734 g/mol. The van der Waals surface area contributed by atoms with Crippen molar-refractivity contribution in [3.05, 3.63) is 106 Å². The van der Waals surface area contributed by atoms with Crippen LogP contribution in [-0.2, 0) is 16.0 Å². The number of fused-ring (bicyclic) bond motifs is 2. The van der Waals surface area contributed by atoms with E-state index in [1.165, 1.54) is 4.90 Å². The van der Waals surface area contributed by atoms with Gasteiger partial charge in [-0.15, -0.1) is 0 Å². The van der Waals surface area contributed by atoms with Crippen molar-refractivity contribution in [1.29, 1.82) is 0 Å². The van der Waals surface area contributed by atoms with Crippen LogP contribution >= 0.6 is 0 Å². The highest BCUT2D eigenvalue weighted by molar-refractivity contribution is 6.41. The van der Waals surface area contributed by atoms with Gasteiger partial charge in [-0.25, -0.2) is 0 Å². The molecule has 0 atom stereocenters. The summed E-state index contributed by atoms with van der Waals surface area (Å²) < 4.78 is 11.2. The average molecular weight is 735 g/mol. The predicted octanol–water partition coefficient (Wildman–Crippen LogP) is 10.5. The number of carbonyl (C=O) groups excluding carboxylic acids is 4. The smallest absolute Gasteiger partial charge is 0.261 e. The summed E-state index contributed by atoms with van der Waals surface area (Å²) in [6.07, 6.45) is 10.0. The zero-order valence-electron chi connectivity index (χ0n) is 31.6. The maximum atomic E-state index is 14.5. The maximum Gasteiger partial charge on any atom is 0.261 e. The highest BCUT2D eigenvalue weighted by Gasteiger charge is 2.39. The van der Waals surface area contributed by atoms with Crippen LogP contribution in [0.25, 0.3) is 43.1 Å². The molecule has 4 amide bonds. The Morgan fingerprint density at radius 3 is 1.40 bits per heavy atom. The molecule has 8 nitrogen and oxygen atoms in total. The van der Waals surface area contributed by atoms with E-state index in [1.54, 1.807) is 4.90 Å². The Hall–Kier alpha value is -5.18. The third-order valence-electron chi connectivity index (χ3n) is 12.1. The van der Waals surface area contributed by atoms with Crippen molar-refractivity contribution in [2.45, 2.75) is 96.9 Å². The Balaban J connectivity index is 1.10. The molecule has 55 heavy (non-hydrogen) atoms. The van der Waals surface area contributed by atoms with Crippen molar-refractivity contribution >= 4 is 66.7 Å². The number of hydrogen-bond acceptors (Lipinski definition) is 6. The van der Waals surface area contributed by atoms with Crippen molar-refractivity contribution in [2.24, 2.45) is 0 Å². The Bertz CT molecular complexity index is 2370. The molecule has 0 bridgehead atoms. The highest BCUT2D eigenvalue weighted by atomic mass is 16.7. The van der Waals surface area contributed by atoms with Crippen LogP contribution in [0.1, 0.15) is 137 Å². The van der Waals surface area contributed by atoms with E-state index in [9.17, 15) is 19.2 Å². The number of ether oxygens (including phenoxy) is 2. The molecule has 1 fully saturated rings. The molecule has 0 radical (unpaired) electrons. The molecule has 280 valence electrons. The molecule has 0 spiro atoms. The van der Waals surface area contributed by atoms with Gasteiger partial charge in [-0.1, -0.05) is 114 Å². The fourth-order valence-corrected chi connectivity index (χ4v) is 9.34. The van der Waals surface area contributed by atoms with Gasteiger partial charge in [-0.3, -0.25) is 29.0 Å². The fourth-order valence-electron chi connectivity index (χ4n) is 9.34. The van der Waals surface area contributed by atoms with Crippen molar-refractivity contribution in [3.63, 3.8) is 0 Å². The first-order valence-electron chi connectivity index (χ1n) is 20.2. The minimum Gasteiger partial charge on any atom is -0.346 e. The van der Waals surface area contributed by atoms with E-state index in [2.05, 4.69) is 13.8 Å². The minimum atomic E-state index is -0.394. The van der Waals surface area contributed by atoms with E-state index in [4.69, 9.17) is 9.47 Å². The summed E-state index contributed by atoms with van der Waals surface area (Å²) in [6, 6.07) is 22.8. The maximum absolute atomic E-state index is 14.5. The predicted molar refractivity (Wildman–Crippen MR) is 215 cm³/mol. The highest BCUT2D eigenvalue weighted by Crippen LogP contribution is 2.46. The van der Waals surface area contributed by atoms with Gasteiger partial charge in [0.25, 0.3) is 23.6 Å². The quantitative estimate of drug-likeness (QED) is 0.0479. The van der Waals surface area contributed by atoms with Gasteiger partial charge in [-0.05, 0) is 75.0 Å². The first-order valence-corrected chi connectivity index (χ1v) is 20.2. The molecule has 6 aromatic carbocycles. The number of rotatable bonds is 14. The summed E-state index contributed by atoms with van der Waals surface area (Å²) in [5, 5.41) is 6.65. The second kappa shape index (κ2) is 14.5. The van der Waals surface area contributed by atoms with Crippen LogP contribution in [0.3, 0.4) is 0 Å². The van der Waals surface area contributed by atoms with E-state index >= 15 is 0 Å². The topological polar surface area (TPSA) is 93.2 Å². The lowest BCUT2D eigenvalue weighted by Crippen LogP contribution is -2.47. The Morgan fingerprint density at radius 1 is 0.527 bits per heavy atom. The molecular weight excluding hydrogens is 689 g/mol. The van der Waals surface area contributed by atoms with E-state index in [-0.39, 0.29) is 36.2 Å². The van der Waals surface area contributed by atoms with Crippen LogP contribution in [-0.4, -0.2) is 52.7 Å². The number of imide groups is 2. The molecule has 3 heterocycles. The summed E-state index contributed by atoms with van der Waals surface area (Å²) in [4.78, 5) is 60.1. The molecule has 0 unspecified atom stereocenters. The summed E-state index contributed by atoms with van der Waals surface area (Å²) in [5.41, 5.74) is 3.82. The van der Waals surface area contributed by atoms with Crippen LogP contribution in [0.2, 0.25) is 0 Å². The Kier molecular flexibility index (Phi) is 9.35. The van der Waals surface area contributed by atoms with Gasteiger partial charge in [0.05, 0.1) is 19.8 Å². The van der Waals surface area contributed by atoms with Gasteiger partial charge in [0.2, 0.25) is 0 Å². The van der Waals surface area contributed by atoms with Gasteiger partial charge < -0.3 is 9.47 Å². The second-order valence-electron chi connectivity index (χ2n) is 15.5. The van der Waals surface area contributed by atoms with Crippen LogP contribution < -0.4 is 0 Å². The molecule has 3 aliphatic rings. The zero-order chi connectivity index (χ0) is 37.8. The standard InChI is InChI=1S/C47H46N2O6/c1-3-5-7-9-11-30(12-10-8-6-4-2)49-45(52)37-23-19-33-31-17-21-35-41-36(22-18-32(39(31)41)34-20-24-38(46(49)53)42(37)40(33)34)44(51)48(43(35)50)27-28-13-15-29(16-14-28)47-54-25-26-55-47/h13-24,30,47H,3-12,25-27H2,1-2H3. The van der Waals surface area contributed by atoms with Crippen molar-refractivity contribution in [1.82, 2.24) is 9.80 Å². The lowest BCUT2D eigenvalue weighted by atomic mass is 9.82. The van der Waals surface area contributed by atoms with Crippen molar-refractivity contribution < 1.29 is 28.7 Å². The lowest BCUT2D eigenvalue weighted by Gasteiger charge is -2.35. The van der Waals surface area contributed by atoms with E-state index in [1.807, 2.05) is 72.8 Å². The Labute approximate surface area is 320 Å². The second-order valence-corrected chi connectivity index (χ2v) is 15.5. The summed E-state index contributed by atoms with van der Waals surface area (Å²) >= 11 is 0. The fraction of sp³-hybridized carbons (Fsp3) is 0.362. The van der Waals surface area contributed by atoms with Crippen LogP contribution in [0.15, 0.2) is 72.8 Å². The Morgan fingerprint density at radius 2 is 0.964 bits per heavy atom. The lowest BCUT2D eigenvalue weighted by molar-refractivity contribution is -0.0441. The first kappa shape index (κ1) is 35.5. The van der Waals surface area contributed by atoms with Gasteiger partial charge in [0.1, 0.15) is 0 Å². The molecule has 9 rings (SSSR count). The molecule has 6 aromatic rings. The normalized spacial score (nSPS) is 16.1. The number of benzene rings is 6. The number of carbonyl (C=O) groups is 4. The molecule has 0 aliphatic carbocycles. The van der Waals surface area contributed by atoms with Crippen LogP contribution in [0, 0.1) is 0 Å². The number of unbranched alkanes of at least 4 members (excludes halogenated alkanes) is 6. The van der Waals surface area contributed by atoms with Crippen LogP contribution in [0.4, 0.5) is 0 Å². The van der Waals surface area contributed by atoms with Gasteiger partial charge >= 0.3 is 0 Å². The molecule has 3 aliphatic heterocycles. The van der Waals surface area contributed by atoms with Gasteiger partial charge in [0.15, 0.2) is 6.29 Å². The van der Waals surface area contributed by atoms with E-state index in [0.29, 0.717) is 46.2 Å². The van der Waals surface area contributed by atoms with Crippen molar-refractivity contribution in [3.8, 4) is 0 Å². The summed E-state index contributed by atoms with van der Waals surface area (Å²) in [7, 11) is 0. The number of hydrogen-bond donors (Lipinski definition) is 0. The molecule has 0 aromatic heterocycles. The average Bonchev–Trinajstić information content (AvgIpc) is 3.75. The third-order valence-corrected chi connectivity index (χ3v) is 12.1. The molecule has 1 saturated heterocycles. The summed E-state index contributed by atoms with van der Waals surface area (Å²) in [6.45, 7) is 5.63. The largest absolute Gasteiger partial charge is 0.346 e. The van der Waals surface area contributed by atoms with Crippen LogP contribution in [0.5, 0.6) is 0 Å². The van der Waals surface area contributed by atoms with Gasteiger partial charge in [-0.2, -0.15) is 0 Å². The molecule has 0 saturated carbocycles. The SMILES string of the molecule is CCCCCCC(CCCCCC)N1C(=O)c2ccc3c4ccc5c6c(ccc(c7ccc(c2c37)C1=O)c64)C(=O)N(Cc1ccc(C2OCCO2)cc1)C5=O. The van der Waals surface area contributed by atoms with E-state index in [0.717, 1.165) is 108 Å². The molecule has 8 heteroatoms. The zero-order valence-corrected chi connectivity index (χ0v) is 31.6. The number of amides is 4. The van der Waals surface area contributed by atoms with Gasteiger partial charge in [0, 0.05) is 44.6 Å². The van der Waals surface area contributed by atoms with E-state index < -0.39 is 6.29 Å². The third kappa shape index (κ3) is 5.80. The summed E-state index contributed by atoms with van der Waals surface area (Å²) in [5.74, 6) is -1.09. The van der Waals surface area contributed by atoms with Crippen molar-refractivity contribution in [2.75, 3.05) is 13.2 Å². The molecule has 0 N–H and O–H groups in total. The molecular formula is C47H46N2O6.